The van der Waals surface area contributed by atoms with Gasteiger partial charge in [0.25, 0.3) is 0 Å². The van der Waals surface area contributed by atoms with Crippen molar-refractivity contribution < 1.29 is 9.59 Å². The van der Waals surface area contributed by atoms with Gasteiger partial charge in [0.05, 0.1) is 11.3 Å². The molecule has 168 valence electrons. The summed E-state index contributed by atoms with van der Waals surface area (Å²) in [5.74, 6) is 1.20. The summed E-state index contributed by atoms with van der Waals surface area (Å²) in [5, 5.41) is 4.64. The molecule has 3 rings (SSSR count). The summed E-state index contributed by atoms with van der Waals surface area (Å²) in [6, 6.07) is 0. The van der Waals surface area contributed by atoms with Gasteiger partial charge in [-0.1, -0.05) is 18.5 Å². The molecule has 0 saturated carbocycles. The fraction of sp³-hybridized carbons (Fsp3) is 0.591. The van der Waals surface area contributed by atoms with E-state index in [1.165, 1.54) is 0 Å². The number of aromatic nitrogens is 4. The highest BCUT2D eigenvalue weighted by molar-refractivity contribution is 6.30. The fourth-order valence-electron chi connectivity index (χ4n) is 4.26. The number of piperidine rings is 1. The highest BCUT2D eigenvalue weighted by atomic mass is 35.5. The van der Waals surface area contributed by atoms with Gasteiger partial charge in [-0.2, -0.15) is 5.10 Å². The van der Waals surface area contributed by atoms with Gasteiger partial charge in [0.2, 0.25) is 5.91 Å². The molecule has 1 aliphatic heterocycles. The molecule has 9 heteroatoms. The highest BCUT2D eigenvalue weighted by Gasteiger charge is 2.28. The second-order valence-electron chi connectivity index (χ2n) is 8.56. The smallest absolute Gasteiger partial charge is 0.225 e. The monoisotopic (exact) mass is 446 g/mol. The van der Waals surface area contributed by atoms with E-state index in [9.17, 15) is 9.59 Å². The molecule has 0 aliphatic carbocycles. The van der Waals surface area contributed by atoms with Crippen LogP contribution in [0.2, 0.25) is 5.15 Å². The summed E-state index contributed by atoms with van der Waals surface area (Å²) in [4.78, 5) is 35.7. The summed E-state index contributed by atoms with van der Waals surface area (Å²) in [6.45, 7) is 6.84. The van der Waals surface area contributed by atoms with E-state index in [1.54, 1.807) is 24.9 Å². The minimum absolute atomic E-state index is 0.0314. The van der Waals surface area contributed by atoms with E-state index < -0.39 is 0 Å². The number of aryl methyl sites for hydroxylation is 3. The summed E-state index contributed by atoms with van der Waals surface area (Å²) in [5.41, 5.74) is 8.11. The first-order valence-corrected chi connectivity index (χ1v) is 11.1. The summed E-state index contributed by atoms with van der Waals surface area (Å²) in [6.07, 6.45) is 5.46. The van der Waals surface area contributed by atoms with Gasteiger partial charge in [-0.25, -0.2) is 9.97 Å². The maximum atomic E-state index is 12.9. The van der Waals surface area contributed by atoms with Crippen molar-refractivity contribution in [2.75, 3.05) is 18.8 Å². The van der Waals surface area contributed by atoms with E-state index in [4.69, 9.17) is 17.3 Å². The van der Waals surface area contributed by atoms with Gasteiger partial charge in [-0.05, 0) is 45.4 Å². The van der Waals surface area contributed by atoms with Crippen LogP contribution < -0.4 is 5.73 Å². The molecule has 2 aromatic rings. The SMILES string of the molecule is Cc1nc(N)c(CCC2CCN(C(=O)[C@H](C)CC(=O)c3cn(C)nc3C)CC2)c(Cl)n1. The molecule has 8 nitrogen and oxygen atoms in total. The number of nitrogens with zero attached hydrogens (tertiary/aromatic N) is 5. The molecule has 3 heterocycles. The summed E-state index contributed by atoms with van der Waals surface area (Å²) < 4.78 is 1.63. The van der Waals surface area contributed by atoms with Gasteiger partial charge in [0.1, 0.15) is 16.8 Å². The van der Waals surface area contributed by atoms with Crippen molar-refractivity contribution in [2.45, 2.75) is 52.9 Å². The number of anilines is 1. The van der Waals surface area contributed by atoms with Crippen LogP contribution >= 0.6 is 11.6 Å². The van der Waals surface area contributed by atoms with Crippen LogP contribution in [0.1, 0.15) is 60.0 Å². The van der Waals surface area contributed by atoms with Crippen molar-refractivity contribution in [1.29, 1.82) is 0 Å². The first kappa shape index (κ1) is 23.2. The molecule has 0 spiro atoms. The quantitative estimate of drug-likeness (QED) is 0.517. The van der Waals surface area contributed by atoms with E-state index >= 15 is 0 Å². The molecule has 0 unspecified atom stereocenters. The lowest BCUT2D eigenvalue weighted by molar-refractivity contribution is -0.136. The van der Waals surface area contributed by atoms with Crippen LogP contribution in [0, 0.1) is 25.7 Å². The number of Topliss-reactive ketones (excluding diaryl/α,β-unsaturated/α-hetero) is 1. The Balaban J connectivity index is 1.48. The Morgan fingerprint density at radius 1 is 1.26 bits per heavy atom. The number of rotatable bonds is 7. The Hall–Kier alpha value is -2.48. The zero-order valence-electron chi connectivity index (χ0n) is 18.7. The lowest BCUT2D eigenvalue weighted by Gasteiger charge is -2.33. The van der Waals surface area contributed by atoms with Crippen LogP contribution in [0.15, 0.2) is 6.20 Å². The molecule has 1 atom stereocenters. The predicted octanol–water partition coefficient (Wildman–Crippen LogP) is 3.14. The molecule has 0 radical (unpaired) electrons. The fourth-order valence-corrected chi connectivity index (χ4v) is 4.58. The lowest BCUT2D eigenvalue weighted by atomic mass is 9.90. The van der Waals surface area contributed by atoms with E-state index in [0.717, 1.165) is 31.2 Å². The molecule has 0 aromatic carbocycles. The van der Waals surface area contributed by atoms with Crippen LogP contribution in [0.5, 0.6) is 0 Å². The summed E-state index contributed by atoms with van der Waals surface area (Å²) in [7, 11) is 1.79. The normalized spacial score (nSPS) is 15.8. The zero-order valence-corrected chi connectivity index (χ0v) is 19.4. The van der Waals surface area contributed by atoms with Crippen LogP contribution in [0.4, 0.5) is 5.82 Å². The molecule has 0 bridgehead atoms. The Morgan fingerprint density at radius 2 is 1.94 bits per heavy atom. The van der Waals surface area contributed by atoms with Crippen LogP contribution in [-0.4, -0.2) is 49.4 Å². The topological polar surface area (TPSA) is 107 Å². The number of likely N-dealkylation sites (tertiary alicyclic amines) is 1. The van der Waals surface area contributed by atoms with Crippen molar-refractivity contribution in [3.05, 3.63) is 34.0 Å². The Kier molecular flexibility index (Phi) is 7.30. The molecule has 1 saturated heterocycles. The van der Waals surface area contributed by atoms with Crippen LogP contribution in [0.3, 0.4) is 0 Å². The molecule has 2 N–H and O–H groups in total. The van der Waals surface area contributed by atoms with Gasteiger partial charge in [0, 0.05) is 44.2 Å². The molecule has 1 amide bonds. The van der Waals surface area contributed by atoms with E-state index in [0.29, 0.717) is 47.1 Å². The molecule has 31 heavy (non-hydrogen) atoms. The maximum Gasteiger partial charge on any atom is 0.225 e. The Bertz CT molecular complexity index is 942. The standard InChI is InChI=1S/C22H31ClN6O2/c1-13(11-19(30)18-12-28(4)27-14(18)2)22(31)29-9-7-16(8-10-29)5-6-17-20(23)25-15(3)26-21(17)24/h12-13,16H,5-11H2,1-4H3,(H2,24,25,26)/t13-/m1/s1. The Labute approximate surface area is 188 Å². The van der Waals surface area contributed by atoms with Crippen molar-refractivity contribution >= 4 is 29.1 Å². The number of amides is 1. The Morgan fingerprint density at radius 3 is 2.52 bits per heavy atom. The van der Waals surface area contributed by atoms with Crippen molar-refractivity contribution in [2.24, 2.45) is 18.9 Å². The molecule has 2 aromatic heterocycles. The number of nitrogen functional groups attached to an aromatic ring is 1. The zero-order chi connectivity index (χ0) is 22.7. The van der Waals surface area contributed by atoms with Gasteiger partial charge < -0.3 is 10.6 Å². The van der Waals surface area contributed by atoms with Crippen LogP contribution in [0.25, 0.3) is 0 Å². The second-order valence-corrected chi connectivity index (χ2v) is 8.92. The number of ketones is 1. The van der Waals surface area contributed by atoms with Gasteiger partial charge in [0.15, 0.2) is 5.78 Å². The van der Waals surface area contributed by atoms with Crippen molar-refractivity contribution in [3.63, 3.8) is 0 Å². The number of carbonyl (C=O) groups excluding carboxylic acids is 2. The third-order valence-corrected chi connectivity index (χ3v) is 6.37. The maximum absolute atomic E-state index is 12.9. The van der Waals surface area contributed by atoms with Gasteiger partial charge >= 0.3 is 0 Å². The third kappa shape index (κ3) is 5.61. The first-order chi connectivity index (χ1) is 14.7. The molecular weight excluding hydrogens is 416 g/mol. The number of hydrogen-bond acceptors (Lipinski definition) is 6. The molecular formula is C22H31ClN6O2. The minimum atomic E-state index is -0.341. The van der Waals surface area contributed by atoms with Gasteiger partial charge in [-0.3, -0.25) is 14.3 Å². The average Bonchev–Trinajstić information content (AvgIpc) is 3.05. The first-order valence-electron chi connectivity index (χ1n) is 10.8. The average molecular weight is 447 g/mol. The number of hydrogen-bond donors (Lipinski definition) is 1. The summed E-state index contributed by atoms with van der Waals surface area (Å²) >= 11 is 6.23. The highest BCUT2D eigenvalue weighted by Crippen LogP contribution is 2.27. The molecule has 1 fully saturated rings. The minimum Gasteiger partial charge on any atom is -0.383 e. The predicted molar refractivity (Wildman–Crippen MR) is 120 cm³/mol. The lowest BCUT2D eigenvalue weighted by Crippen LogP contribution is -2.41. The molecule has 1 aliphatic rings. The second kappa shape index (κ2) is 9.77. The van der Waals surface area contributed by atoms with Crippen LogP contribution in [-0.2, 0) is 18.3 Å². The largest absolute Gasteiger partial charge is 0.383 e. The number of halogens is 1. The van der Waals surface area contributed by atoms with Gasteiger partial charge in [-0.15, -0.1) is 0 Å². The van der Waals surface area contributed by atoms with Crippen molar-refractivity contribution in [3.8, 4) is 0 Å². The van der Waals surface area contributed by atoms with E-state index in [-0.39, 0.29) is 24.0 Å². The van der Waals surface area contributed by atoms with Crippen molar-refractivity contribution in [1.82, 2.24) is 24.6 Å². The third-order valence-electron chi connectivity index (χ3n) is 6.06. The van der Waals surface area contributed by atoms with E-state index in [2.05, 4.69) is 15.1 Å². The number of nitrogens with two attached hydrogens (primary N) is 1. The number of carbonyl (C=O) groups is 2. The van der Waals surface area contributed by atoms with E-state index in [1.807, 2.05) is 18.7 Å².